The van der Waals surface area contributed by atoms with E-state index in [1.54, 1.807) is 42.8 Å². The van der Waals surface area contributed by atoms with Gasteiger partial charge in [0.25, 0.3) is 0 Å². The van der Waals surface area contributed by atoms with Crippen molar-refractivity contribution in [2.75, 3.05) is 12.4 Å². The number of rotatable bonds is 5. The molecule has 2 aromatic carbocycles. The van der Waals surface area contributed by atoms with E-state index in [1.165, 1.54) is 18.3 Å². The SMILES string of the molecule is COc1ccc2oc(=O)c(-c3csc(Nc4ccc(C(C)=O)cc4)n3)cc2c1. The second kappa shape index (κ2) is 7.28. The molecule has 2 heterocycles. The third-order valence-corrected chi connectivity index (χ3v) is 5.02. The zero-order valence-corrected chi connectivity index (χ0v) is 16.0. The maximum absolute atomic E-state index is 12.4. The largest absolute Gasteiger partial charge is 0.497 e. The van der Waals surface area contributed by atoms with Crippen molar-refractivity contribution in [1.29, 1.82) is 0 Å². The van der Waals surface area contributed by atoms with Gasteiger partial charge >= 0.3 is 5.63 Å². The third kappa shape index (κ3) is 3.52. The molecule has 0 saturated heterocycles. The highest BCUT2D eigenvalue weighted by Crippen LogP contribution is 2.28. The molecule has 0 aliphatic heterocycles. The summed E-state index contributed by atoms with van der Waals surface area (Å²) in [6.45, 7) is 1.53. The van der Waals surface area contributed by atoms with Crippen molar-refractivity contribution in [2.45, 2.75) is 6.92 Å². The lowest BCUT2D eigenvalue weighted by Gasteiger charge is -2.04. The van der Waals surface area contributed by atoms with E-state index in [0.717, 1.165) is 11.1 Å². The molecule has 0 radical (unpaired) electrons. The van der Waals surface area contributed by atoms with Crippen LogP contribution in [-0.2, 0) is 0 Å². The third-order valence-electron chi connectivity index (χ3n) is 4.26. The summed E-state index contributed by atoms with van der Waals surface area (Å²) in [5.74, 6) is 0.699. The fraction of sp³-hybridized carbons (Fsp3) is 0.0952. The van der Waals surface area contributed by atoms with E-state index in [1.807, 2.05) is 18.2 Å². The fourth-order valence-corrected chi connectivity index (χ4v) is 3.50. The van der Waals surface area contributed by atoms with E-state index in [0.29, 0.717) is 33.3 Å². The summed E-state index contributed by atoms with van der Waals surface area (Å²) in [6, 6.07) is 14.2. The molecule has 28 heavy (non-hydrogen) atoms. The molecule has 0 spiro atoms. The quantitative estimate of drug-likeness (QED) is 0.385. The van der Waals surface area contributed by atoms with Crippen molar-refractivity contribution < 1.29 is 13.9 Å². The maximum atomic E-state index is 12.4. The Morgan fingerprint density at radius 1 is 1.14 bits per heavy atom. The van der Waals surface area contributed by atoms with Crippen LogP contribution in [0.4, 0.5) is 10.8 Å². The van der Waals surface area contributed by atoms with Gasteiger partial charge in [0.15, 0.2) is 10.9 Å². The first-order chi connectivity index (χ1) is 13.5. The van der Waals surface area contributed by atoms with Gasteiger partial charge in [0, 0.05) is 22.0 Å². The van der Waals surface area contributed by atoms with Gasteiger partial charge in [-0.3, -0.25) is 4.79 Å². The highest BCUT2D eigenvalue weighted by molar-refractivity contribution is 7.14. The van der Waals surface area contributed by atoms with E-state index in [4.69, 9.17) is 9.15 Å². The number of hydrogen-bond acceptors (Lipinski definition) is 7. The predicted molar refractivity (Wildman–Crippen MR) is 110 cm³/mol. The Hall–Kier alpha value is -3.45. The Morgan fingerprint density at radius 3 is 2.64 bits per heavy atom. The van der Waals surface area contributed by atoms with Crippen LogP contribution < -0.4 is 15.7 Å². The summed E-state index contributed by atoms with van der Waals surface area (Å²) < 4.78 is 10.6. The Kier molecular flexibility index (Phi) is 4.67. The Bertz CT molecular complexity index is 1230. The minimum Gasteiger partial charge on any atom is -0.497 e. The van der Waals surface area contributed by atoms with Gasteiger partial charge in [0.2, 0.25) is 0 Å². The van der Waals surface area contributed by atoms with Crippen molar-refractivity contribution in [3.8, 4) is 17.0 Å². The number of nitrogens with one attached hydrogen (secondary N) is 1. The van der Waals surface area contributed by atoms with Crippen LogP contribution in [0.3, 0.4) is 0 Å². The minimum absolute atomic E-state index is 0.0164. The lowest BCUT2D eigenvalue weighted by molar-refractivity contribution is 0.101. The molecule has 0 aliphatic carbocycles. The van der Waals surface area contributed by atoms with Crippen molar-refractivity contribution in [3.05, 3.63) is 69.9 Å². The maximum Gasteiger partial charge on any atom is 0.345 e. The Balaban J connectivity index is 1.64. The molecule has 0 bridgehead atoms. The van der Waals surface area contributed by atoms with Crippen LogP contribution in [0.5, 0.6) is 5.75 Å². The first kappa shape index (κ1) is 17.9. The molecule has 0 saturated carbocycles. The molecule has 6 nitrogen and oxygen atoms in total. The molecular formula is C21H16N2O4S. The number of ketones is 1. The average Bonchev–Trinajstić information content (AvgIpc) is 3.15. The number of carbonyl (C=O) groups excluding carboxylic acids is 1. The van der Waals surface area contributed by atoms with Crippen LogP contribution >= 0.6 is 11.3 Å². The van der Waals surface area contributed by atoms with Gasteiger partial charge in [-0.1, -0.05) is 0 Å². The van der Waals surface area contributed by atoms with E-state index in [-0.39, 0.29) is 5.78 Å². The molecule has 0 amide bonds. The monoisotopic (exact) mass is 392 g/mol. The molecule has 140 valence electrons. The average molecular weight is 392 g/mol. The smallest absolute Gasteiger partial charge is 0.345 e. The molecule has 4 aromatic rings. The van der Waals surface area contributed by atoms with E-state index < -0.39 is 5.63 Å². The van der Waals surface area contributed by atoms with E-state index in [9.17, 15) is 9.59 Å². The van der Waals surface area contributed by atoms with Gasteiger partial charge in [-0.05, 0) is 55.5 Å². The topological polar surface area (TPSA) is 81.4 Å². The van der Waals surface area contributed by atoms with Gasteiger partial charge in [0.1, 0.15) is 11.3 Å². The number of hydrogen-bond donors (Lipinski definition) is 1. The number of methoxy groups -OCH3 is 1. The minimum atomic E-state index is -0.444. The zero-order valence-electron chi connectivity index (χ0n) is 15.2. The summed E-state index contributed by atoms with van der Waals surface area (Å²) in [5.41, 5.74) is 2.42. The normalized spacial score (nSPS) is 10.8. The van der Waals surface area contributed by atoms with Crippen LogP contribution in [0, 0.1) is 0 Å². The molecule has 0 unspecified atom stereocenters. The summed E-state index contributed by atoms with van der Waals surface area (Å²) in [5, 5.41) is 6.37. The van der Waals surface area contributed by atoms with Crippen LogP contribution in [0.1, 0.15) is 17.3 Å². The second-order valence-corrected chi connectivity index (χ2v) is 7.01. The lowest BCUT2D eigenvalue weighted by Crippen LogP contribution is -2.03. The predicted octanol–water partition coefficient (Wildman–Crippen LogP) is 4.87. The summed E-state index contributed by atoms with van der Waals surface area (Å²) >= 11 is 1.38. The molecular weight excluding hydrogens is 376 g/mol. The number of nitrogens with zero attached hydrogens (tertiary/aromatic N) is 1. The Morgan fingerprint density at radius 2 is 1.93 bits per heavy atom. The van der Waals surface area contributed by atoms with Crippen molar-refractivity contribution in [3.63, 3.8) is 0 Å². The molecule has 1 N–H and O–H groups in total. The number of Topliss-reactive ketones (excluding diaryl/α,β-unsaturated/α-hetero) is 1. The number of ether oxygens (including phenoxy) is 1. The molecule has 7 heteroatoms. The van der Waals surface area contributed by atoms with Crippen molar-refractivity contribution in [2.24, 2.45) is 0 Å². The first-order valence-electron chi connectivity index (χ1n) is 8.49. The molecule has 0 aliphatic rings. The van der Waals surface area contributed by atoms with Crippen LogP contribution in [0.15, 0.2) is 63.1 Å². The van der Waals surface area contributed by atoms with E-state index in [2.05, 4.69) is 10.3 Å². The number of carbonyl (C=O) groups is 1. The lowest BCUT2D eigenvalue weighted by atomic mass is 10.1. The van der Waals surface area contributed by atoms with Gasteiger partial charge in [-0.25, -0.2) is 9.78 Å². The summed E-state index contributed by atoms with van der Waals surface area (Å²) in [7, 11) is 1.59. The summed E-state index contributed by atoms with van der Waals surface area (Å²) in [4.78, 5) is 28.2. The molecule has 2 aromatic heterocycles. The van der Waals surface area contributed by atoms with Crippen LogP contribution in [0.25, 0.3) is 22.2 Å². The number of thiazole rings is 1. The number of fused-ring (bicyclic) bond motifs is 1. The highest BCUT2D eigenvalue weighted by atomic mass is 32.1. The standard InChI is InChI=1S/C21H16N2O4S/c1-12(24)13-3-5-15(6-4-13)22-21-23-18(11-28-21)17-10-14-9-16(26-2)7-8-19(14)27-20(17)25/h3-11H,1-2H3,(H,22,23). The zero-order chi connectivity index (χ0) is 19.7. The number of aromatic nitrogens is 1. The van der Waals surface area contributed by atoms with Gasteiger partial charge in [-0.2, -0.15) is 0 Å². The molecule has 0 atom stereocenters. The van der Waals surface area contributed by atoms with Crippen LogP contribution in [0.2, 0.25) is 0 Å². The van der Waals surface area contributed by atoms with Gasteiger partial charge in [-0.15, -0.1) is 11.3 Å². The van der Waals surface area contributed by atoms with Gasteiger partial charge in [0.05, 0.1) is 18.4 Å². The summed E-state index contributed by atoms with van der Waals surface area (Å²) in [6.07, 6.45) is 0. The second-order valence-electron chi connectivity index (χ2n) is 6.15. The Labute approximate surface area is 164 Å². The number of anilines is 2. The van der Waals surface area contributed by atoms with Crippen molar-refractivity contribution in [1.82, 2.24) is 4.98 Å². The van der Waals surface area contributed by atoms with Gasteiger partial charge < -0.3 is 14.5 Å². The van der Waals surface area contributed by atoms with Crippen molar-refractivity contribution >= 4 is 38.9 Å². The molecule has 4 rings (SSSR count). The highest BCUT2D eigenvalue weighted by Gasteiger charge is 2.12. The number of benzene rings is 2. The van der Waals surface area contributed by atoms with E-state index >= 15 is 0 Å². The fourth-order valence-electron chi connectivity index (χ4n) is 2.77. The molecule has 0 fully saturated rings. The first-order valence-corrected chi connectivity index (χ1v) is 9.37. The van der Waals surface area contributed by atoms with Crippen LogP contribution in [-0.4, -0.2) is 17.9 Å².